The fourth-order valence-corrected chi connectivity index (χ4v) is 6.85. The third-order valence-corrected chi connectivity index (χ3v) is 8.50. The van der Waals surface area contributed by atoms with Crippen LogP contribution in [-0.4, -0.2) is 17.9 Å². The van der Waals surface area contributed by atoms with Crippen molar-refractivity contribution in [3.05, 3.63) is 82.4 Å². The molecular weight excluding hydrogens is 498 g/mol. The largest absolute Gasteiger partial charge is 0.490 e. The van der Waals surface area contributed by atoms with E-state index in [4.69, 9.17) is 16.3 Å². The molecule has 1 spiro atoms. The average molecular weight is 525 g/mol. The van der Waals surface area contributed by atoms with Crippen LogP contribution in [-0.2, 0) is 15.0 Å². The Hall–Kier alpha value is -3.19. The number of halogens is 3. The minimum Gasteiger partial charge on any atom is -0.490 e. The second kappa shape index (κ2) is 9.28. The molecule has 2 fully saturated rings. The number of benzene rings is 2. The van der Waals surface area contributed by atoms with Gasteiger partial charge < -0.3 is 15.4 Å². The van der Waals surface area contributed by atoms with Crippen molar-refractivity contribution in [1.82, 2.24) is 5.32 Å². The minimum atomic E-state index is -1.33. The van der Waals surface area contributed by atoms with Crippen molar-refractivity contribution >= 4 is 29.1 Å². The van der Waals surface area contributed by atoms with Crippen LogP contribution in [0, 0.1) is 17.7 Å². The Morgan fingerprint density at radius 1 is 1.03 bits per heavy atom. The molecule has 0 bridgehead atoms. The average Bonchev–Trinajstić information content (AvgIpc) is 3.47. The number of piperidine rings is 1. The summed E-state index contributed by atoms with van der Waals surface area (Å²) in [6.45, 7) is 0. The lowest BCUT2D eigenvalue weighted by molar-refractivity contribution is -0.135. The number of anilines is 1. The second-order valence-corrected chi connectivity index (χ2v) is 10.8. The normalized spacial score (nSPS) is 29.2. The van der Waals surface area contributed by atoms with Crippen LogP contribution in [0.15, 0.2) is 60.5 Å². The molecular formula is C29H27ClF2N2O3. The highest BCUT2D eigenvalue weighted by Gasteiger charge is 2.62. The number of allylic oxidation sites excluding steroid dienone is 4. The molecule has 0 radical (unpaired) electrons. The molecule has 2 N–H and O–H groups in total. The van der Waals surface area contributed by atoms with Crippen LogP contribution in [0.25, 0.3) is 0 Å². The number of rotatable bonds is 4. The first-order valence-corrected chi connectivity index (χ1v) is 13.1. The summed E-state index contributed by atoms with van der Waals surface area (Å²) in [4.78, 5) is 27.3. The molecule has 2 aromatic carbocycles. The summed E-state index contributed by atoms with van der Waals surface area (Å²) in [5, 5.41) is 6.42. The fraction of sp³-hybridized carbons (Fsp3) is 0.379. The van der Waals surface area contributed by atoms with Gasteiger partial charge in [-0.3, -0.25) is 9.59 Å². The van der Waals surface area contributed by atoms with Gasteiger partial charge in [0, 0.05) is 29.1 Å². The highest BCUT2D eigenvalue weighted by Crippen LogP contribution is 2.58. The van der Waals surface area contributed by atoms with Crippen LogP contribution in [0.2, 0.25) is 5.02 Å². The van der Waals surface area contributed by atoms with E-state index >= 15 is 0 Å². The third kappa shape index (κ3) is 4.04. The summed E-state index contributed by atoms with van der Waals surface area (Å²) in [5.41, 5.74) is 0.256. The maximum Gasteiger partial charge on any atom is 0.237 e. The minimum absolute atomic E-state index is 0.0146. The zero-order valence-electron chi connectivity index (χ0n) is 20.1. The first kappa shape index (κ1) is 24.2. The van der Waals surface area contributed by atoms with E-state index in [9.17, 15) is 18.4 Å². The lowest BCUT2D eigenvalue weighted by Crippen LogP contribution is -2.59. The SMILES string of the molecule is O=C1C[C@@H](C2C=CC=C(F)C2)[C@]2(C(=O)Nc3cc(Cl)ccc32)[C@@H](c2cc(F)ccc2OC2CCCC2)N1. The summed E-state index contributed by atoms with van der Waals surface area (Å²) in [6.07, 6.45) is 8.85. The van der Waals surface area contributed by atoms with Gasteiger partial charge in [-0.15, -0.1) is 0 Å². The Balaban J connectivity index is 1.56. The standard InChI is InChI=1S/C29H27ClF2N2O3/c30-17-8-10-22-24(13-17)33-28(36)29(22)23(16-4-3-5-18(31)12-16)15-26(35)34-27(29)21-14-19(32)9-11-25(21)37-20-6-1-2-7-20/h3-5,8-11,13-14,16,20,23,27H,1-2,6-7,12,15H2,(H,33,36)(H,34,35)/t16?,23-,27+,29-/m0/s1. The second-order valence-electron chi connectivity index (χ2n) is 10.4. The smallest absolute Gasteiger partial charge is 0.237 e. The van der Waals surface area contributed by atoms with Crippen LogP contribution in [0.3, 0.4) is 0 Å². The molecule has 2 aliphatic carbocycles. The molecule has 5 nitrogen and oxygen atoms in total. The lowest BCUT2D eigenvalue weighted by Gasteiger charge is -2.49. The molecule has 1 saturated heterocycles. The van der Waals surface area contributed by atoms with Gasteiger partial charge in [-0.2, -0.15) is 0 Å². The quantitative estimate of drug-likeness (QED) is 0.493. The molecule has 8 heteroatoms. The van der Waals surface area contributed by atoms with E-state index in [1.54, 1.807) is 30.3 Å². The maximum absolute atomic E-state index is 14.8. The van der Waals surface area contributed by atoms with Gasteiger partial charge in [0.25, 0.3) is 0 Å². The topological polar surface area (TPSA) is 67.4 Å². The number of fused-ring (bicyclic) bond motifs is 2. The molecule has 0 aromatic heterocycles. The Labute approximate surface area is 218 Å². The summed E-state index contributed by atoms with van der Waals surface area (Å²) >= 11 is 6.26. The van der Waals surface area contributed by atoms with Crippen molar-refractivity contribution < 1.29 is 23.1 Å². The van der Waals surface area contributed by atoms with Crippen LogP contribution in [0.5, 0.6) is 5.75 Å². The molecule has 2 heterocycles. The lowest BCUT2D eigenvalue weighted by atomic mass is 9.57. The van der Waals surface area contributed by atoms with Crippen LogP contribution in [0.4, 0.5) is 14.5 Å². The number of carbonyl (C=O) groups is 2. The summed E-state index contributed by atoms with van der Waals surface area (Å²) in [6, 6.07) is 8.47. The predicted octanol–water partition coefficient (Wildman–Crippen LogP) is 6.30. The predicted molar refractivity (Wildman–Crippen MR) is 136 cm³/mol. The maximum atomic E-state index is 14.8. The van der Waals surface area contributed by atoms with Crippen molar-refractivity contribution in [2.45, 2.75) is 56.1 Å². The van der Waals surface area contributed by atoms with Gasteiger partial charge >= 0.3 is 0 Å². The van der Waals surface area contributed by atoms with E-state index < -0.39 is 29.1 Å². The summed E-state index contributed by atoms with van der Waals surface area (Å²) < 4.78 is 35.6. The molecule has 4 aliphatic rings. The molecule has 192 valence electrons. The molecule has 37 heavy (non-hydrogen) atoms. The van der Waals surface area contributed by atoms with Crippen molar-refractivity contribution in [3.63, 3.8) is 0 Å². The highest BCUT2D eigenvalue weighted by molar-refractivity contribution is 6.31. The molecule has 2 aliphatic heterocycles. The fourth-order valence-electron chi connectivity index (χ4n) is 6.68. The van der Waals surface area contributed by atoms with Crippen LogP contribution in [0.1, 0.15) is 55.7 Å². The van der Waals surface area contributed by atoms with E-state index in [0.29, 0.717) is 27.6 Å². The van der Waals surface area contributed by atoms with Gasteiger partial charge in [-0.05, 0) is 79.5 Å². The Morgan fingerprint density at radius 2 is 1.84 bits per heavy atom. The number of amides is 2. The van der Waals surface area contributed by atoms with Gasteiger partial charge in [0.05, 0.1) is 12.1 Å². The molecule has 2 aromatic rings. The third-order valence-electron chi connectivity index (χ3n) is 8.26. The Kier molecular flexibility index (Phi) is 6.06. The molecule has 4 atom stereocenters. The van der Waals surface area contributed by atoms with Gasteiger partial charge in [-0.25, -0.2) is 8.78 Å². The molecule has 1 unspecified atom stereocenters. The Morgan fingerprint density at radius 3 is 2.62 bits per heavy atom. The van der Waals surface area contributed by atoms with E-state index in [2.05, 4.69) is 10.6 Å². The molecule has 2 amide bonds. The van der Waals surface area contributed by atoms with E-state index in [-0.39, 0.29) is 36.6 Å². The Bertz CT molecular complexity index is 1340. The van der Waals surface area contributed by atoms with E-state index in [0.717, 1.165) is 25.7 Å². The van der Waals surface area contributed by atoms with Gasteiger partial charge in [0.2, 0.25) is 11.8 Å². The monoisotopic (exact) mass is 524 g/mol. The van der Waals surface area contributed by atoms with E-state index in [1.165, 1.54) is 18.2 Å². The van der Waals surface area contributed by atoms with Crippen molar-refractivity contribution in [1.29, 1.82) is 0 Å². The van der Waals surface area contributed by atoms with E-state index in [1.807, 2.05) is 6.08 Å². The first-order valence-electron chi connectivity index (χ1n) is 12.8. The van der Waals surface area contributed by atoms with Gasteiger partial charge in [0.15, 0.2) is 0 Å². The van der Waals surface area contributed by atoms with Crippen LogP contribution >= 0.6 is 11.6 Å². The van der Waals surface area contributed by atoms with Crippen molar-refractivity contribution in [2.75, 3.05) is 5.32 Å². The number of hydrogen-bond acceptors (Lipinski definition) is 3. The van der Waals surface area contributed by atoms with Crippen molar-refractivity contribution in [3.8, 4) is 5.75 Å². The zero-order chi connectivity index (χ0) is 25.7. The number of ether oxygens (including phenoxy) is 1. The summed E-state index contributed by atoms with van der Waals surface area (Å²) in [7, 11) is 0. The summed E-state index contributed by atoms with van der Waals surface area (Å²) in [5.74, 6) is -1.99. The van der Waals surface area contributed by atoms with Gasteiger partial charge in [-0.1, -0.05) is 29.8 Å². The number of nitrogens with one attached hydrogen (secondary N) is 2. The van der Waals surface area contributed by atoms with Gasteiger partial charge in [0.1, 0.15) is 22.8 Å². The number of carbonyl (C=O) groups excluding carboxylic acids is 2. The van der Waals surface area contributed by atoms with Crippen LogP contribution < -0.4 is 15.4 Å². The van der Waals surface area contributed by atoms with Crippen molar-refractivity contribution in [2.24, 2.45) is 11.8 Å². The molecule has 6 rings (SSSR count). The first-order chi connectivity index (χ1) is 17.9. The zero-order valence-corrected chi connectivity index (χ0v) is 20.9. The highest BCUT2D eigenvalue weighted by atomic mass is 35.5. The number of hydrogen-bond donors (Lipinski definition) is 2. The molecule has 1 saturated carbocycles.